The van der Waals surface area contributed by atoms with Crippen LogP contribution in [0.15, 0.2) is 47.6 Å². The molecule has 2 N–H and O–H groups in total. The van der Waals surface area contributed by atoms with Gasteiger partial charge in [0.1, 0.15) is 5.75 Å². The van der Waals surface area contributed by atoms with E-state index in [0.717, 1.165) is 16.2 Å². The van der Waals surface area contributed by atoms with Gasteiger partial charge in [-0.25, -0.2) is 4.98 Å². The summed E-state index contributed by atoms with van der Waals surface area (Å²) in [6.45, 7) is 3.89. The molecule has 1 atom stereocenters. The average Bonchev–Trinajstić information content (AvgIpc) is 2.96. The van der Waals surface area contributed by atoms with E-state index >= 15 is 0 Å². The Morgan fingerprint density at radius 1 is 1.29 bits per heavy atom. The Kier molecular flexibility index (Phi) is 4.76. The van der Waals surface area contributed by atoms with E-state index in [0.29, 0.717) is 11.4 Å². The number of anilines is 1. The van der Waals surface area contributed by atoms with Crippen molar-refractivity contribution in [1.29, 1.82) is 0 Å². The van der Waals surface area contributed by atoms with Crippen molar-refractivity contribution in [2.75, 3.05) is 12.4 Å². The first-order chi connectivity index (χ1) is 11.6. The molecule has 0 saturated carbocycles. The third-order valence-electron chi connectivity index (χ3n) is 3.64. The van der Waals surface area contributed by atoms with Crippen molar-refractivity contribution in [3.8, 4) is 5.75 Å². The van der Waals surface area contributed by atoms with Gasteiger partial charge in [0.15, 0.2) is 5.16 Å². The summed E-state index contributed by atoms with van der Waals surface area (Å²) in [5.41, 5.74) is 3.72. The van der Waals surface area contributed by atoms with Crippen molar-refractivity contribution < 1.29 is 9.53 Å². The number of para-hydroxylation sites is 2. The molecule has 0 fully saturated rings. The zero-order chi connectivity index (χ0) is 17.1. The predicted octanol–water partition coefficient (Wildman–Crippen LogP) is 4.00. The minimum absolute atomic E-state index is 0.0962. The van der Waals surface area contributed by atoms with Crippen molar-refractivity contribution in [1.82, 2.24) is 9.97 Å². The van der Waals surface area contributed by atoms with Crippen LogP contribution in [0.25, 0.3) is 11.0 Å². The zero-order valence-electron chi connectivity index (χ0n) is 13.8. The second-order valence-corrected chi connectivity index (χ2v) is 6.84. The van der Waals surface area contributed by atoms with Crippen molar-refractivity contribution >= 4 is 34.4 Å². The van der Waals surface area contributed by atoms with Crippen LogP contribution < -0.4 is 10.1 Å². The molecule has 1 unspecified atom stereocenters. The number of benzene rings is 2. The first kappa shape index (κ1) is 16.4. The number of thioether (sulfide) groups is 1. The molecule has 0 aliphatic carbocycles. The molecule has 1 heterocycles. The molecule has 0 aliphatic heterocycles. The monoisotopic (exact) mass is 341 g/mol. The summed E-state index contributed by atoms with van der Waals surface area (Å²) in [6, 6.07) is 13.4. The summed E-state index contributed by atoms with van der Waals surface area (Å²) in [7, 11) is 1.58. The molecule has 0 spiro atoms. The zero-order valence-corrected chi connectivity index (χ0v) is 14.6. The maximum atomic E-state index is 12.4. The van der Waals surface area contributed by atoms with E-state index in [1.54, 1.807) is 7.11 Å². The fourth-order valence-electron chi connectivity index (χ4n) is 2.36. The highest BCUT2D eigenvalue weighted by molar-refractivity contribution is 8.00. The summed E-state index contributed by atoms with van der Waals surface area (Å²) >= 11 is 1.40. The number of amides is 1. The van der Waals surface area contributed by atoms with E-state index in [2.05, 4.69) is 15.3 Å². The molecular weight excluding hydrogens is 322 g/mol. The quantitative estimate of drug-likeness (QED) is 0.688. The van der Waals surface area contributed by atoms with Crippen molar-refractivity contribution in [3.05, 3.63) is 48.0 Å². The molecule has 124 valence electrons. The summed E-state index contributed by atoms with van der Waals surface area (Å²) in [5, 5.41) is 3.34. The lowest BCUT2D eigenvalue weighted by Gasteiger charge is -2.13. The van der Waals surface area contributed by atoms with Gasteiger partial charge in [0.25, 0.3) is 0 Å². The van der Waals surface area contributed by atoms with Crippen LogP contribution in [0.1, 0.15) is 12.5 Å². The van der Waals surface area contributed by atoms with Crippen LogP contribution >= 0.6 is 11.8 Å². The summed E-state index contributed by atoms with van der Waals surface area (Å²) < 4.78 is 5.26. The fraction of sp³-hybridized carbons (Fsp3) is 0.222. The number of rotatable bonds is 5. The molecule has 6 heteroatoms. The van der Waals surface area contributed by atoms with Crippen LogP contribution in [-0.4, -0.2) is 28.2 Å². The summed E-state index contributed by atoms with van der Waals surface area (Å²) in [5.74, 6) is 0.545. The number of hydrogen-bond acceptors (Lipinski definition) is 4. The Morgan fingerprint density at radius 2 is 2.08 bits per heavy atom. The molecule has 1 aromatic heterocycles. The van der Waals surface area contributed by atoms with Gasteiger partial charge in [-0.1, -0.05) is 30.0 Å². The second kappa shape index (κ2) is 6.97. The van der Waals surface area contributed by atoms with Gasteiger partial charge in [0.2, 0.25) is 5.91 Å². The molecule has 0 bridgehead atoms. The van der Waals surface area contributed by atoms with E-state index in [-0.39, 0.29) is 11.2 Å². The maximum Gasteiger partial charge on any atom is 0.237 e. The third kappa shape index (κ3) is 3.54. The number of fused-ring (bicyclic) bond motifs is 1. The SMILES string of the molecule is COc1ccccc1NC(=O)C(C)Sc1nc2ccc(C)cc2[nH]1. The Labute approximate surface area is 144 Å². The molecule has 0 saturated heterocycles. The van der Waals surface area contributed by atoms with Gasteiger partial charge in [0.05, 0.1) is 29.1 Å². The van der Waals surface area contributed by atoms with Gasteiger partial charge < -0.3 is 15.0 Å². The van der Waals surface area contributed by atoms with Crippen molar-refractivity contribution in [2.24, 2.45) is 0 Å². The summed E-state index contributed by atoms with van der Waals surface area (Å²) in [6.07, 6.45) is 0. The standard InChI is InChI=1S/C18H19N3O2S/c1-11-8-9-13-15(10-11)21-18(20-13)24-12(2)17(22)19-14-6-4-5-7-16(14)23-3/h4-10,12H,1-3H3,(H,19,22)(H,20,21). The van der Waals surface area contributed by atoms with Gasteiger partial charge in [-0.2, -0.15) is 0 Å². The Hall–Kier alpha value is -2.47. The number of aromatic amines is 1. The van der Waals surface area contributed by atoms with Crippen LogP contribution in [0.2, 0.25) is 0 Å². The van der Waals surface area contributed by atoms with Crippen LogP contribution in [0.3, 0.4) is 0 Å². The molecule has 24 heavy (non-hydrogen) atoms. The normalized spacial score (nSPS) is 12.1. The molecule has 3 aromatic rings. The number of aryl methyl sites for hydroxylation is 1. The van der Waals surface area contributed by atoms with E-state index in [1.807, 2.05) is 56.3 Å². The Bertz CT molecular complexity index is 876. The third-order valence-corrected chi connectivity index (χ3v) is 4.62. The first-order valence-corrected chi connectivity index (χ1v) is 8.51. The van der Waals surface area contributed by atoms with Crippen LogP contribution in [0.4, 0.5) is 5.69 Å². The number of imidazole rings is 1. The van der Waals surface area contributed by atoms with E-state index in [9.17, 15) is 4.79 Å². The van der Waals surface area contributed by atoms with Gasteiger partial charge in [0, 0.05) is 0 Å². The van der Waals surface area contributed by atoms with Gasteiger partial charge in [-0.15, -0.1) is 0 Å². The lowest BCUT2D eigenvalue weighted by Crippen LogP contribution is -2.22. The smallest absolute Gasteiger partial charge is 0.237 e. The van der Waals surface area contributed by atoms with E-state index in [4.69, 9.17) is 4.74 Å². The van der Waals surface area contributed by atoms with E-state index in [1.165, 1.54) is 17.3 Å². The number of carbonyl (C=O) groups excluding carboxylic acids is 1. The van der Waals surface area contributed by atoms with Crippen LogP contribution in [0, 0.1) is 6.92 Å². The van der Waals surface area contributed by atoms with Gasteiger partial charge >= 0.3 is 0 Å². The lowest BCUT2D eigenvalue weighted by molar-refractivity contribution is -0.115. The molecule has 0 radical (unpaired) electrons. The van der Waals surface area contributed by atoms with Crippen molar-refractivity contribution in [2.45, 2.75) is 24.3 Å². The number of nitrogens with zero attached hydrogens (tertiary/aromatic N) is 1. The average molecular weight is 341 g/mol. The second-order valence-electron chi connectivity index (χ2n) is 5.51. The molecule has 1 amide bonds. The number of hydrogen-bond donors (Lipinski definition) is 2. The van der Waals surface area contributed by atoms with Crippen LogP contribution in [0.5, 0.6) is 5.75 Å². The molecule has 0 aliphatic rings. The summed E-state index contributed by atoms with van der Waals surface area (Å²) in [4.78, 5) is 20.2. The topological polar surface area (TPSA) is 67.0 Å². The predicted molar refractivity (Wildman–Crippen MR) is 97.8 cm³/mol. The molecule has 5 nitrogen and oxygen atoms in total. The van der Waals surface area contributed by atoms with Gasteiger partial charge in [-0.3, -0.25) is 4.79 Å². The first-order valence-electron chi connectivity index (χ1n) is 7.63. The Balaban J connectivity index is 1.71. The fourth-order valence-corrected chi connectivity index (χ4v) is 3.18. The van der Waals surface area contributed by atoms with Crippen LogP contribution in [-0.2, 0) is 4.79 Å². The number of nitrogens with one attached hydrogen (secondary N) is 2. The number of methoxy groups -OCH3 is 1. The number of ether oxygens (including phenoxy) is 1. The number of aromatic nitrogens is 2. The van der Waals surface area contributed by atoms with Gasteiger partial charge in [-0.05, 0) is 43.7 Å². The highest BCUT2D eigenvalue weighted by Gasteiger charge is 2.18. The Morgan fingerprint density at radius 3 is 2.88 bits per heavy atom. The van der Waals surface area contributed by atoms with Crippen molar-refractivity contribution in [3.63, 3.8) is 0 Å². The largest absolute Gasteiger partial charge is 0.495 e. The number of carbonyl (C=O) groups is 1. The maximum absolute atomic E-state index is 12.4. The minimum atomic E-state index is -0.295. The molecular formula is C18H19N3O2S. The highest BCUT2D eigenvalue weighted by Crippen LogP contribution is 2.27. The molecule has 2 aromatic carbocycles. The number of H-pyrrole nitrogens is 1. The minimum Gasteiger partial charge on any atom is -0.495 e. The van der Waals surface area contributed by atoms with E-state index < -0.39 is 0 Å². The molecule has 3 rings (SSSR count). The lowest BCUT2D eigenvalue weighted by atomic mass is 10.2. The highest BCUT2D eigenvalue weighted by atomic mass is 32.2.